The second-order valence-corrected chi connectivity index (χ2v) is 18.7. The number of benzene rings is 10. The van der Waals surface area contributed by atoms with Crippen molar-refractivity contribution in [2.75, 3.05) is 4.90 Å². The fourth-order valence-electron chi connectivity index (χ4n) is 12.2. The Balaban J connectivity index is 1.11. The van der Waals surface area contributed by atoms with Gasteiger partial charge in [-0.25, -0.2) is 0 Å². The van der Waals surface area contributed by atoms with E-state index in [2.05, 4.69) is 243 Å². The van der Waals surface area contributed by atoms with Crippen LogP contribution in [-0.2, 0) is 10.8 Å². The summed E-state index contributed by atoms with van der Waals surface area (Å²) in [4.78, 5) is 2.52. The van der Waals surface area contributed by atoms with Crippen molar-refractivity contribution in [3.05, 3.63) is 258 Å². The molecule has 1 unspecified atom stereocenters. The fourth-order valence-corrected chi connectivity index (χ4v) is 12.2. The second-order valence-electron chi connectivity index (χ2n) is 18.7. The maximum Gasteiger partial charge on any atom is 0.136 e. The lowest BCUT2D eigenvalue weighted by molar-refractivity contribution is 0.660. The highest BCUT2D eigenvalue weighted by Crippen LogP contribution is 2.63. The molecule has 10 aromatic carbocycles. The van der Waals surface area contributed by atoms with Gasteiger partial charge >= 0.3 is 0 Å². The van der Waals surface area contributed by atoms with E-state index in [1.807, 2.05) is 0 Å². The van der Waals surface area contributed by atoms with Gasteiger partial charge < -0.3 is 9.32 Å². The van der Waals surface area contributed by atoms with Crippen LogP contribution in [0.5, 0.6) is 0 Å². The number of anilines is 3. The van der Waals surface area contributed by atoms with Crippen molar-refractivity contribution < 1.29 is 4.42 Å². The van der Waals surface area contributed by atoms with Crippen LogP contribution in [0.3, 0.4) is 0 Å². The average Bonchev–Trinajstić information content (AvgIpc) is 3.93. The summed E-state index contributed by atoms with van der Waals surface area (Å²) in [5.41, 5.74) is 24.5. The number of furan rings is 1. The predicted molar refractivity (Wildman–Crippen MR) is 273 cm³/mol. The highest BCUT2D eigenvalue weighted by Gasteiger charge is 2.50. The number of rotatable bonds is 4. The molecule has 1 atom stereocenters. The van der Waals surface area contributed by atoms with Crippen LogP contribution < -0.4 is 4.90 Å². The third kappa shape index (κ3) is 4.96. The first-order valence-electron chi connectivity index (χ1n) is 23.1. The van der Waals surface area contributed by atoms with E-state index >= 15 is 0 Å². The van der Waals surface area contributed by atoms with Gasteiger partial charge in [0.15, 0.2) is 0 Å². The van der Waals surface area contributed by atoms with Crippen LogP contribution in [0, 0.1) is 0 Å². The van der Waals surface area contributed by atoms with Gasteiger partial charge in [0, 0.05) is 33.1 Å². The summed E-state index contributed by atoms with van der Waals surface area (Å²) in [6.45, 7) is 4.75. The van der Waals surface area contributed by atoms with Crippen molar-refractivity contribution in [2.24, 2.45) is 0 Å². The van der Waals surface area contributed by atoms with Gasteiger partial charge in [0.1, 0.15) is 11.2 Å². The maximum atomic E-state index is 6.64. The number of para-hydroxylation sites is 2. The molecule has 310 valence electrons. The van der Waals surface area contributed by atoms with Gasteiger partial charge in [0.2, 0.25) is 0 Å². The molecular formula is C64H43NO. The lowest BCUT2D eigenvalue weighted by Crippen LogP contribution is -2.29. The summed E-state index contributed by atoms with van der Waals surface area (Å²) >= 11 is 0. The minimum atomic E-state index is -0.689. The number of hydrogen-bond donors (Lipinski definition) is 0. The smallest absolute Gasteiger partial charge is 0.136 e. The molecule has 2 nitrogen and oxygen atoms in total. The molecule has 14 rings (SSSR count). The van der Waals surface area contributed by atoms with Gasteiger partial charge in [-0.15, -0.1) is 0 Å². The Morgan fingerprint density at radius 3 is 1.50 bits per heavy atom. The molecule has 1 aromatic heterocycles. The Labute approximate surface area is 384 Å². The van der Waals surface area contributed by atoms with E-state index < -0.39 is 5.41 Å². The van der Waals surface area contributed by atoms with Crippen LogP contribution in [0.15, 0.2) is 229 Å². The van der Waals surface area contributed by atoms with Crippen LogP contribution in [0.4, 0.5) is 17.1 Å². The van der Waals surface area contributed by atoms with Crippen molar-refractivity contribution in [1.29, 1.82) is 0 Å². The van der Waals surface area contributed by atoms with E-state index in [1.54, 1.807) is 0 Å². The molecule has 0 fully saturated rings. The first-order valence-corrected chi connectivity index (χ1v) is 23.1. The topological polar surface area (TPSA) is 16.4 Å². The molecule has 0 radical (unpaired) electrons. The van der Waals surface area contributed by atoms with Crippen LogP contribution in [0.2, 0.25) is 0 Å². The third-order valence-electron chi connectivity index (χ3n) is 15.1. The molecular weight excluding hydrogens is 799 g/mol. The summed E-state index contributed by atoms with van der Waals surface area (Å²) in [5.74, 6) is 0. The molecule has 0 aliphatic heterocycles. The van der Waals surface area contributed by atoms with Gasteiger partial charge in [-0.3, -0.25) is 0 Å². The van der Waals surface area contributed by atoms with Crippen molar-refractivity contribution in [1.82, 2.24) is 0 Å². The maximum absolute atomic E-state index is 6.64. The standard InChI is InChI=1S/C64H43NO/c1-63(2)54-27-13-8-24-47(54)50-35-33-41(36-57(50)63)65(60-30-16-11-20-43(60)40-18-4-3-5-19-40)42-32-34-49-45-22-7-6-21-44(45)46-23-9-14-28-55(46)64(58(49)37-42)56-29-15-10-25-48(56)52-39-62-53(38-59(52)64)51-26-12-17-31-61(51)66-62/h3-39H,1-2H3. The zero-order chi connectivity index (χ0) is 43.7. The normalized spacial score (nSPS) is 15.6. The minimum absolute atomic E-state index is 0.169. The second kappa shape index (κ2) is 13.7. The van der Waals surface area contributed by atoms with Crippen molar-refractivity contribution in [2.45, 2.75) is 24.7 Å². The SMILES string of the molecule is CC1(C)c2ccccc2-c2ccc(N(c3ccc4c(c3)C3(c5ccccc5-c5ccccc5-4)c4ccccc4-c4cc5oc6ccccc6c5cc43)c3ccccc3-c3ccccc3)cc21. The predicted octanol–water partition coefficient (Wildman–Crippen LogP) is 17.0. The van der Waals surface area contributed by atoms with Crippen molar-refractivity contribution >= 4 is 39.0 Å². The monoisotopic (exact) mass is 841 g/mol. The Morgan fingerprint density at radius 1 is 0.318 bits per heavy atom. The van der Waals surface area contributed by atoms with Gasteiger partial charge in [0.05, 0.1) is 11.1 Å². The van der Waals surface area contributed by atoms with E-state index in [0.717, 1.165) is 39.0 Å². The molecule has 66 heavy (non-hydrogen) atoms. The first-order chi connectivity index (χ1) is 32.5. The van der Waals surface area contributed by atoms with E-state index in [0.29, 0.717) is 0 Å². The van der Waals surface area contributed by atoms with Crippen molar-refractivity contribution in [3.8, 4) is 55.6 Å². The Kier molecular flexibility index (Phi) is 7.70. The Bertz CT molecular complexity index is 3810. The van der Waals surface area contributed by atoms with E-state index in [4.69, 9.17) is 4.42 Å². The summed E-state index contributed by atoms with van der Waals surface area (Å²) in [5, 5.41) is 2.26. The summed E-state index contributed by atoms with van der Waals surface area (Å²) in [7, 11) is 0. The molecule has 0 amide bonds. The number of fused-ring (bicyclic) bond motifs is 18. The Hall–Kier alpha value is -8.20. The van der Waals surface area contributed by atoms with Crippen LogP contribution >= 0.6 is 0 Å². The van der Waals surface area contributed by atoms with Gasteiger partial charge in [-0.05, 0) is 132 Å². The molecule has 0 saturated heterocycles. The van der Waals surface area contributed by atoms with Gasteiger partial charge in [-0.2, -0.15) is 0 Å². The minimum Gasteiger partial charge on any atom is -0.456 e. The van der Waals surface area contributed by atoms with Crippen LogP contribution in [0.25, 0.3) is 77.6 Å². The summed E-state index contributed by atoms with van der Waals surface area (Å²) in [6.07, 6.45) is 0. The number of hydrogen-bond acceptors (Lipinski definition) is 2. The van der Waals surface area contributed by atoms with E-state index in [9.17, 15) is 0 Å². The fraction of sp³-hybridized carbons (Fsp3) is 0.0625. The average molecular weight is 842 g/mol. The van der Waals surface area contributed by atoms with Gasteiger partial charge in [-0.1, -0.05) is 190 Å². The first kappa shape index (κ1) is 37.2. The lowest BCUT2D eigenvalue weighted by Gasteiger charge is -2.37. The molecule has 1 spiro atoms. The Morgan fingerprint density at radius 2 is 0.803 bits per heavy atom. The van der Waals surface area contributed by atoms with E-state index in [1.165, 1.54) is 89.0 Å². The van der Waals surface area contributed by atoms with Crippen molar-refractivity contribution in [3.63, 3.8) is 0 Å². The quantitative estimate of drug-likeness (QED) is 0.176. The summed E-state index contributed by atoms with van der Waals surface area (Å²) in [6, 6.07) is 83.7. The molecule has 11 aromatic rings. The molecule has 1 heterocycles. The molecule has 0 N–H and O–H groups in total. The van der Waals surface area contributed by atoms with Crippen LogP contribution in [0.1, 0.15) is 47.2 Å². The zero-order valence-corrected chi connectivity index (χ0v) is 36.7. The largest absolute Gasteiger partial charge is 0.456 e. The molecule has 0 saturated carbocycles. The highest BCUT2D eigenvalue weighted by atomic mass is 16.3. The highest BCUT2D eigenvalue weighted by molar-refractivity contribution is 6.09. The molecule has 3 aliphatic rings. The van der Waals surface area contributed by atoms with E-state index in [-0.39, 0.29) is 5.41 Å². The third-order valence-corrected chi connectivity index (χ3v) is 15.1. The van der Waals surface area contributed by atoms with Crippen LogP contribution in [-0.4, -0.2) is 0 Å². The molecule has 0 bridgehead atoms. The zero-order valence-electron chi connectivity index (χ0n) is 36.7. The van der Waals surface area contributed by atoms with Gasteiger partial charge in [0.25, 0.3) is 0 Å². The lowest BCUT2D eigenvalue weighted by atomic mass is 9.65. The molecule has 3 aliphatic carbocycles. The summed E-state index contributed by atoms with van der Waals surface area (Å²) < 4.78 is 6.64. The number of nitrogens with zero attached hydrogens (tertiary/aromatic N) is 1. The molecule has 2 heteroatoms.